The Labute approximate surface area is 172 Å². The van der Waals surface area contributed by atoms with E-state index in [-0.39, 0.29) is 17.1 Å². The Balaban J connectivity index is 0.000000576. The molecule has 0 aromatic heterocycles. The minimum atomic E-state index is -1.02. The summed E-state index contributed by atoms with van der Waals surface area (Å²) in [7, 11) is 1.87. The lowest BCUT2D eigenvalue weighted by atomic mass is 9.68. The van der Waals surface area contributed by atoms with Gasteiger partial charge in [0.25, 0.3) is 0 Å². The fourth-order valence-corrected chi connectivity index (χ4v) is 3.14. The van der Waals surface area contributed by atoms with E-state index in [9.17, 15) is 15.0 Å². The normalized spacial score (nSPS) is 14.2. The van der Waals surface area contributed by atoms with E-state index in [1.807, 2.05) is 46.9 Å². The molecule has 0 spiro atoms. The van der Waals surface area contributed by atoms with Gasteiger partial charge in [-0.25, -0.2) is 0 Å². The summed E-state index contributed by atoms with van der Waals surface area (Å²) in [6.07, 6.45) is 0.107. The maximum atomic E-state index is 11.8. The number of aryl methyl sites for hydroxylation is 2. The molecule has 0 bridgehead atoms. The van der Waals surface area contributed by atoms with Crippen LogP contribution in [0.5, 0.6) is 0 Å². The van der Waals surface area contributed by atoms with Crippen molar-refractivity contribution in [1.29, 1.82) is 0 Å². The Morgan fingerprint density at radius 3 is 1.75 bits per heavy atom. The molecule has 0 saturated carbocycles. The maximum Gasteiger partial charge on any atom is 0.168 e. The molecule has 0 radical (unpaired) electrons. The topological polar surface area (TPSA) is 69.6 Å². The van der Waals surface area contributed by atoms with Gasteiger partial charge in [0.2, 0.25) is 0 Å². The molecule has 1 rings (SSSR count). The standard InChI is InChI=1S/C14H21NO2.C10H22O/c1-8(2)13(16)14(17)11-6-9(3)12(15-5)10(4)7-11;1-7-8(2)9(3,4)10(5,6)11/h6-8,14-15,17H,1-5H3;8,11H,7H2,1-6H3. The third-order valence-corrected chi connectivity index (χ3v) is 6.38. The van der Waals surface area contributed by atoms with E-state index in [2.05, 4.69) is 33.0 Å². The van der Waals surface area contributed by atoms with Gasteiger partial charge in [-0.1, -0.05) is 60.1 Å². The minimum Gasteiger partial charge on any atom is -0.390 e. The monoisotopic (exact) mass is 393 g/mol. The number of nitrogens with one attached hydrogen (secondary N) is 1. The summed E-state index contributed by atoms with van der Waals surface area (Å²) in [4.78, 5) is 11.8. The number of Topliss-reactive ketones (excluding diaryl/α,β-unsaturated/α-hetero) is 1. The number of benzene rings is 1. The third-order valence-electron chi connectivity index (χ3n) is 6.38. The number of hydrogen-bond acceptors (Lipinski definition) is 4. The number of aliphatic hydroxyl groups is 2. The van der Waals surface area contributed by atoms with Gasteiger partial charge in [0.15, 0.2) is 5.78 Å². The molecule has 4 nitrogen and oxygen atoms in total. The van der Waals surface area contributed by atoms with Gasteiger partial charge in [-0.2, -0.15) is 0 Å². The van der Waals surface area contributed by atoms with Crippen molar-refractivity contribution in [2.75, 3.05) is 12.4 Å². The second-order valence-corrected chi connectivity index (χ2v) is 9.33. The van der Waals surface area contributed by atoms with Gasteiger partial charge in [0.05, 0.1) is 5.60 Å². The molecular weight excluding hydrogens is 350 g/mol. The van der Waals surface area contributed by atoms with Crippen LogP contribution >= 0.6 is 0 Å². The van der Waals surface area contributed by atoms with Crippen LogP contribution in [0.2, 0.25) is 0 Å². The molecule has 2 unspecified atom stereocenters. The average Bonchev–Trinajstić information content (AvgIpc) is 2.58. The fourth-order valence-electron chi connectivity index (χ4n) is 3.14. The number of carbonyl (C=O) groups is 1. The van der Waals surface area contributed by atoms with Crippen molar-refractivity contribution in [1.82, 2.24) is 0 Å². The molecule has 28 heavy (non-hydrogen) atoms. The van der Waals surface area contributed by atoms with E-state index in [4.69, 9.17) is 0 Å². The summed E-state index contributed by atoms with van der Waals surface area (Å²) < 4.78 is 0. The molecule has 0 aliphatic rings. The van der Waals surface area contributed by atoms with Crippen molar-refractivity contribution in [3.05, 3.63) is 28.8 Å². The predicted molar refractivity (Wildman–Crippen MR) is 120 cm³/mol. The number of aliphatic hydroxyl groups excluding tert-OH is 1. The number of carbonyl (C=O) groups excluding carboxylic acids is 1. The van der Waals surface area contributed by atoms with Crippen LogP contribution in [0.15, 0.2) is 12.1 Å². The van der Waals surface area contributed by atoms with Gasteiger partial charge in [-0.3, -0.25) is 4.79 Å². The maximum absolute atomic E-state index is 11.8. The van der Waals surface area contributed by atoms with Crippen LogP contribution in [-0.4, -0.2) is 28.6 Å². The van der Waals surface area contributed by atoms with Crippen LogP contribution in [0.4, 0.5) is 5.69 Å². The quantitative estimate of drug-likeness (QED) is 0.577. The summed E-state index contributed by atoms with van der Waals surface area (Å²) >= 11 is 0. The van der Waals surface area contributed by atoms with Gasteiger partial charge in [-0.15, -0.1) is 0 Å². The summed E-state index contributed by atoms with van der Waals surface area (Å²) in [5.41, 5.74) is 3.23. The van der Waals surface area contributed by atoms with Crippen LogP contribution in [0, 0.1) is 31.1 Å². The van der Waals surface area contributed by atoms with Crippen LogP contribution in [-0.2, 0) is 4.79 Å². The summed E-state index contributed by atoms with van der Waals surface area (Å²) in [5, 5.41) is 23.0. The first-order valence-corrected chi connectivity index (χ1v) is 10.3. The molecule has 0 aliphatic heterocycles. The zero-order chi connectivity index (χ0) is 22.4. The second kappa shape index (κ2) is 10.4. The number of ketones is 1. The van der Waals surface area contributed by atoms with Crippen molar-refractivity contribution < 1.29 is 15.0 Å². The van der Waals surface area contributed by atoms with E-state index >= 15 is 0 Å². The van der Waals surface area contributed by atoms with Crippen LogP contribution < -0.4 is 5.32 Å². The van der Waals surface area contributed by atoms with E-state index in [1.54, 1.807) is 13.8 Å². The Morgan fingerprint density at radius 2 is 1.50 bits per heavy atom. The molecule has 0 heterocycles. The van der Waals surface area contributed by atoms with E-state index in [0.717, 1.165) is 23.2 Å². The molecule has 162 valence electrons. The van der Waals surface area contributed by atoms with Gasteiger partial charge < -0.3 is 15.5 Å². The van der Waals surface area contributed by atoms with Crippen molar-refractivity contribution in [2.24, 2.45) is 17.3 Å². The summed E-state index contributed by atoms with van der Waals surface area (Å²) in [6.45, 7) is 19.9. The van der Waals surface area contributed by atoms with Gasteiger partial charge in [0, 0.05) is 18.7 Å². The Bertz CT molecular complexity index is 619. The zero-order valence-corrected chi connectivity index (χ0v) is 19.9. The lowest BCUT2D eigenvalue weighted by Gasteiger charge is -2.42. The molecule has 1 aromatic carbocycles. The Morgan fingerprint density at radius 1 is 1.07 bits per heavy atom. The highest BCUT2D eigenvalue weighted by molar-refractivity contribution is 5.86. The highest BCUT2D eigenvalue weighted by atomic mass is 16.3. The highest BCUT2D eigenvalue weighted by Gasteiger charge is 2.38. The lowest BCUT2D eigenvalue weighted by molar-refractivity contribution is -0.130. The fraction of sp³-hybridized carbons (Fsp3) is 0.708. The first kappa shape index (κ1) is 26.6. The molecule has 0 aliphatic carbocycles. The lowest BCUT2D eigenvalue weighted by Crippen LogP contribution is -2.43. The van der Waals surface area contributed by atoms with Gasteiger partial charge in [0.1, 0.15) is 6.10 Å². The van der Waals surface area contributed by atoms with Crippen LogP contribution in [0.25, 0.3) is 0 Å². The SMILES string of the molecule is CCC(C)C(C)(C)C(C)(C)O.CNc1c(C)cc(C(O)C(=O)C(C)C)cc1C. The Kier molecular flexibility index (Phi) is 9.89. The molecule has 0 fully saturated rings. The molecule has 1 aromatic rings. The van der Waals surface area contributed by atoms with E-state index in [1.165, 1.54) is 0 Å². The predicted octanol–water partition coefficient (Wildman–Crippen LogP) is 5.43. The van der Waals surface area contributed by atoms with Crippen LogP contribution in [0.3, 0.4) is 0 Å². The van der Waals surface area contributed by atoms with Crippen molar-refractivity contribution in [3.8, 4) is 0 Å². The first-order chi connectivity index (χ1) is 12.6. The van der Waals surface area contributed by atoms with Crippen molar-refractivity contribution >= 4 is 11.5 Å². The summed E-state index contributed by atoms with van der Waals surface area (Å²) in [5.74, 6) is 0.262. The Hall–Kier alpha value is -1.39. The minimum absolute atomic E-state index is 0.00174. The molecule has 0 amide bonds. The van der Waals surface area contributed by atoms with Gasteiger partial charge >= 0.3 is 0 Å². The molecule has 4 heteroatoms. The van der Waals surface area contributed by atoms with Crippen molar-refractivity contribution in [2.45, 2.75) is 87.4 Å². The molecule has 3 N–H and O–H groups in total. The van der Waals surface area contributed by atoms with Gasteiger partial charge in [-0.05, 0) is 55.7 Å². The van der Waals surface area contributed by atoms with Crippen LogP contribution in [0.1, 0.15) is 84.6 Å². The highest BCUT2D eigenvalue weighted by Crippen LogP contribution is 2.39. The largest absolute Gasteiger partial charge is 0.390 e. The summed E-state index contributed by atoms with van der Waals surface area (Å²) in [6, 6.07) is 3.73. The smallest absolute Gasteiger partial charge is 0.168 e. The third kappa shape index (κ3) is 6.59. The number of anilines is 1. The average molecular weight is 394 g/mol. The second-order valence-electron chi connectivity index (χ2n) is 9.33. The first-order valence-electron chi connectivity index (χ1n) is 10.3. The van der Waals surface area contributed by atoms with E-state index < -0.39 is 11.7 Å². The van der Waals surface area contributed by atoms with Crippen molar-refractivity contribution in [3.63, 3.8) is 0 Å². The molecular formula is C24H43NO3. The number of rotatable bonds is 7. The zero-order valence-electron chi connectivity index (χ0n) is 19.9. The van der Waals surface area contributed by atoms with E-state index in [0.29, 0.717) is 11.5 Å². The number of hydrogen-bond donors (Lipinski definition) is 3. The molecule has 0 saturated heterocycles. The molecule has 2 atom stereocenters.